The predicted molar refractivity (Wildman–Crippen MR) is 41.5 cm³/mol. The van der Waals surface area contributed by atoms with E-state index in [0.717, 1.165) is 5.75 Å². The van der Waals surface area contributed by atoms with Crippen LogP contribution in [-0.2, 0) is 0 Å². The summed E-state index contributed by atoms with van der Waals surface area (Å²) >= 11 is 8.31. The Morgan fingerprint density at radius 2 is 2.14 bits per heavy atom. The van der Waals surface area contributed by atoms with Gasteiger partial charge in [-0.25, -0.2) is 0 Å². The summed E-state index contributed by atoms with van der Waals surface area (Å²) in [6, 6.07) is 0. The van der Waals surface area contributed by atoms with Crippen molar-refractivity contribution in [3.8, 4) is 0 Å². The molecule has 0 rings (SSSR count). The van der Waals surface area contributed by atoms with E-state index in [1.54, 1.807) is 0 Å². The van der Waals surface area contributed by atoms with Crippen molar-refractivity contribution in [3.63, 3.8) is 0 Å². The van der Waals surface area contributed by atoms with Gasteiger partial charge < -0.3 is 0 Å². The maximum atomic E-state index is 4.23. The van der Waals surface area contributed by atoms with Crippen LogP contribution in [0.3, 0.4) is 0 Å². The molecule has 0 nitrogen and oxygen atoms in total. The molecule has 0 aromatic rings. The van der Waals surface area contributed by atoms with E-state index in [2.05, 4.69) is 32.2 Å². The molecule has 44 valence electrons. The van der Waals surface area contributed by atoms with Gasteiger partial charge in [0.1, 0.15) is 0 Å². The van der Waals surface area contributed by atoms with E-state index in [1.807, 2.05) is 0 Å². The molecule has 0 heterocycles. The lowest BCUT2D eigenvalue weighted by Crippen LogP contribution is -1.97. The van der Waals surface area contributed by atoms with Crippen molar-refractivity contribution in [1.29, 1.82) is 0 Å². The molecule has 0 aromatic heterocycles. The Morgan fingerprint density at radius 3 is 2.29 bits per heavy atom. The minimum absolute atomic E-state index is 0.508. The number of thiol groups is 2. The first-order valence-electron chi connectivity index (χ1n) is 2.60. The summed E-state index contributed by atoms with van der Waals surface area (Å²) in [5.74, 6) is 0.900. The first kappa shape index (κ1) is 7.70. The summed E-state index contributed by atoms with van der Waals surface area (Å²) in [6.07, 6.45) is 2.40. The molecule has 0 fully saturated rings. The molecule has 0 aliphatic rings. The quantitative estimate of drug-likeness (QED) is 0.545. The fourth-order valence-corrected chi connectivity index (χ4v) is 0.865. The summed E-state index contributed by atoms with van der Waals surface area (Å²) in [6.45, 7) is 2.16. The van der Waals surface area contributed by atoms with E-state index in [-0.39, 0.29) is 0 Å². The average molecular weight is 136 g/mol. The molecular formula is C5H12S2. The van der Waals surface area contributed by atoms with Crippen LogP contribution in [0.15, 0.2) is 0 Å². The topological polar surface area (TPSA) is 0 Å². The van der Waals surface area contributed by atoms with Crippen molar-refractivity contribution in [1.82, 2.24) is 0 Å². The number of rotatable bonds is 3. The third-order valence-electron chi connectivity index (χ3n) is 0.833. The highest BCUT2D eigenvalue weighted by molar-refractivity contribution is 7.84. The van der Waals surface area contributed by atoms with Crippen LogP contribution in [0.25, 0.3) is 0 Å². The molecule has 7 heavy (non-hydrogen) atoms. The maximum Gasteiger partial charge on any atom is 0.0105 e. The zero-order chi connectivity index (χ0) is 5.70. The average Bonchev–Trinajstić information content (AvgIpc) is 1.68. The fraction of sp³-hybridized carbons (Fsp3) is 1.00. The van der Waals surface area contributed by atoms with Crippen molar-refractivity contribution in [2.24, 2.45) is 0 Å². The van der Waals surface area contributed by atoms with E-state index >= 15 is 0 Å². The highest BCUT2D eigenvalue weighted by Crippen LogP contribution is 2.04. The van der Waals surface area contributed by atoms with E-state index in [9.17, 15) is 0 Å². The second-order valence-corrected chi connectivity index (χ2v) is 2.72. The van der Waals surface area contributed by atoms with E-state index < -0.39 is 0 Å². The Hall–Kier alpha value is 0.700. The fourth-order valence-electron chi connectivity index (χ4n) is 0.425. The summed E-state index contributed by atoms with van der Waals surface area (Å²) < 4.78 is 0. The molecule has 1 unspecified atom stereocenters. The van der Waals surface area contributed by atoms with Crippen LogP contribution in [0.2, 0.25) is 0 Å². The molecule has 0 saturated carbocycles. The molecule has 2 heteroatoms. The van der Waals surface area contributed by atoms with Crippen LogP contribution in [0, 0.1) is 0 Å². The van der Waals surface area contributed by atoms with Gasteiger partial charge in [-0.05, 0) is 6.42 Å². The van der Waals surface area contributed by atoms with Crippen LogP contribution < -0.4 is 0 Å². The molecule has 0 amide bonds. The Bertz CT molecular complexity index is 37.1. The molecule has 0 bridgehead atoms. The lowest BCUT2D eigenvalue weighted by Gasteiger charge is -2.01. The van der Waals surface area contributed by atoms with Gasteiger partial charge in [-0.3, -0.25) is 0 Å². The smallest absolute Gasteiger partial charge is 0.0105 e. The predicted octanol–water partition coefficient (Wildman–Crippen LogP) is 2.01. The SMILES string of the molecule is CCCC(S)CS. The molecule has 0 radical (unpaired) electrons. The molecular weight excluding hydrogens is 124 g/mol. The molecule has 0 N–H and O–H groups in total. The standard InChI is InChI=1S/C5H12S2/c1-2-3-5(7)4-6/h5-7H,2-4H2,1H3. The van der Waals surface area contributed by atoms with Gasteiger partial charge in [-0.1, -0.05) is 13.3 Å². The summed E-state index contributed by atoms with van der Waals surface area (Å²) in [7, 11) is 0. The Balaban J connectivity index is 2.83. The van der Waals surface area contributed by atoms with Gasteiger partial charge in [0.2, 0.25) is 0 Å². The van der Waals surface area contributed by atoms with Crippen LogP contribution in [0.1, 0.15) is 19.8 Å². The van der Waals surface area contributed by atoms with Crippen LogP contribution in [0.5, 0.6) is 0 Å². The van der Waals surface area contributed by atoms with Gasteiger partial charge in [0, 0.05) is 11.0 Å². The third kappa shape index (κ3) is 4.56. The van der Waals surface area contributed by atoms with Gasteiger partial charge in [-0.15, -0.1) is 0 Å². The normalized spacial score (nSPS) is 14.1. The van der Waals surface area contributed by atoms with Crippen LogP contribution in [0.4, 0.5) is 0 Å². The number of hydrogen-bond donors (Lipinski definition) is 2. The molecule has 0 aliphatic heterocycles. The van der Waals surface area contributed by atoms with Crippen molar-refractivity contribution < 1.29 is 0 Å². The minimum atomic E-state index is 0.508. The largest absolute Gasteiger partial charge is 0.178 e. The zero-order valence-electron chi connectivity index (χ0n) is 4.59. The lowest BCUT2D eigenvalue weighted by molar-refractivity contribution is 0.799. The Kier molecular flexibility index (Phi) is 5.33. The summed E-state index contributed by atoms with van der Waals surface area (Å²) in [5, 5.41) is 0.508. The van der Waals surface area contributed by atoms with Crippen molar-refractivity contribution in [2.45, 2.75) is 25.0 Å². The second kappa shape index (κ2) is 4.85. The summed E-state index contributed by atoms with van der Waals surface area (Å²) in [5.41, 5.74) is 0. The highest BCUT2D eigenvalue weighted by atomic mass is 32.1. The number of hydrogen-bond acceptors (Lipinski definition) is 2. The minimum Gasteiger partial charge on any atom is -0.178 e. The molecule has 0 saturated heterocycles. The Labute approximate surface area is 56.5 Å². The van der Waals surface area contributed by atoms with Gasteiger partial charge in [0.25, 0.3) is 0 Å². The van der Waals surface area contributed by atoms with Crippen LogP contribution >= 0.6 is 25.3 Å². The monoisotopic (exact) mass is 136 g/mol. The third-order valence-corrected chi connectivity index (χ3v) is 2.00. The molecule has 0 aliphatic carbocycles. The maximum absolute atomic E-state index is 4.23. The Morgan fingerprint density at radius 1 is 1.57 bits per heavy atom. The van der Waals surface area contributed by atoms with E-state index in [0.29, 0.717) is 5.25 Å². The zero-order valence-corrected chi connectivity index (χ0v) is 6.38. The first-order valence-corrected chi connectivity index (χ1v) is 3.75. The highest BCUT2D eigenvalue weighted by Gasteiger charge is 1.94. The van der Waals surface area contributed by atoms with Crippen molar-refractivity contribution >= 4 is 25.3 Å². The lowest BCUT2D eigenvalue weighted by atomic mass is 10.3. The van der Waals surface area contributed by atoms with Gasteiger partial charge >= 0.3 is 0 Å². The first-order chi connectivity index (χ1) is 3.31. The van der Waals surface area contributed by atoms with Gasteiger partial charge in [0.15, 0.2) is 0 Å². The van der Waals surface area contributed by atoms with Crippen molar-refractivity contribution in [2.75, 3.05) is 5.75 Å². The molecule has 1 atom stereocenters. The summed E-state index contributed by atoms with van der Waals surface area (Å²) in [4.78, 5) is 0. The molecule has 0 spiro atoms. The van der Waals surface area contributed by atoms with Crippen molar-refractivity contribution in [3.05, 3.63) is 0 Å². The van der Waals surface area contributed by atoms with E-state index in [4.69, 9.17) is 0 Å². The molecule has 0 aromatic carbocycles. The second-order valence-electron chi connectivity index (χ2n) is 1.63. The van der Waals surface area contributed by atoms with E-state index in [1.165, 1.54) is 12.8 Å². The van der Waals surface area contributed by atoms with Gasteiger partial charge in [0.05, 0.1) is 0 Å². The van der Waals surface area contributed by atoms with Gasteiger partial charge in [-0.2, -0.15) is 25.3 Å². The van der Waals surface area contributed by atoms with Crippen LogP contribution in [-0.4, -0.2) is 11.0 Å².